The number of hydrogen-bond acceptors (Lipinski definition) is 7. The molecule has 1 unspecified atom stereocenters. The summed E-state index contributed by atoms with van der Waals surface area (Å²) in [6, 6.07) is 9.69. The van der Waals surface area contributed by atoms with E-state index in [2.05, 4.69) is 0 Å². The Morgan fingerprint density at radius 2 is 1.78 bits per heavy atom. The maximum absolute atomic E-state index is 12.3. The molecule has 0 amide bonds. The highest BCUT2D eigenvalue weighted by Gasteiger charge is 2.55. The van der Waals surface area contributed by atoms with Crippen LogP contribution in [0.15, 0.2) is 42.5 Å². The zero-order chi connectivity index (χ0) is 19.9. The van der Waals surface area contributed by atoms with Crippen molar-refractivity contribution in [1.82, 2.24) is 0 Å². The normalized spacial score (nSPS) is 21.9. The Kier molecular flexibility index (Phi) is 7.12. The molecule has 2 rings (SSSR count). The van der Waals surface area contributed by atoms with E-state index in [1.807, 2.05) is 37.3 Å². The summed E-state index contributed by atoms with van der Waals surface area (Å²) in [7, 11) is 2.42. The van der Waals surface area contributed by atoms with Gasteiger partial charge in [-0.15, -0.1) is 0 Å². The van der Waals surface area contributed by atoms with Crippen molar-refractivity contribution in [2.45, 2.75) is 32.3 Å². The van der Waals surface area contributed by atoms with Crippen LogP contribution in [0.3, 0.4) is 0 Å². The summed E-state index contributed by atoms with van der Waals surface area (Å²) < 4.78 is 27.1. The lowest BCUT2D eigenvalue weighted by molar-refractivity contribution is -0.248. The minimum Gasteiger partial charge on any atom is -0.468 e. The highest BCUT2D eigenvalue weighted by molar-refractivity contribution is 6.00. The summed E-state index contributed by atoms with van der Waals surface area (Å²) in [6.45, 7) is 4.08. The average Bonchev–Trinajstić information content (AvgIpc) is 3.11. The molecule has 0 fully saturated rings. The summed E-state index contributed by atoms with van der Waals surface area (Å²) in [4.78, 5) is 24.6. The van der Waals surface area contributed by atoms with Crippen LogP contribution in [-0.4, -0.2) is 51.3 Å². The number of hydrogen-bond donors (Lipinski definition) is 0. The number of esters is 2. The van der Waals surface area contributed by atoms with Crippen LogP contribution in [0.2, 0.25) is 0 Å². The van der Waals surface area contributed by atoms with Gasteiger partial charge in [0.15, 0.2) is 5.41 Å². The van der Waals surface area contributed by atoms with Gasteiger partial charge in [-0.3, -0.25) is 9.59 Å². The van der Waals surface area contributed by atoms with E-state index in [4.69, 9.17) is 23.7 Å². The fourth-order valence-electron chi connectivity index (χ4n) is 2.91. The minimum absolute atomic E-state index is 0.0984. The van der Waals surface area contributed by atoms with Crippen LogP contribution in [0.5, 0.6) is 0 Å². The lowest BCUT2D eigenvalue weighted by Crippen LogP contribution is -2.50. The van der Waals surface area contributed by atoms with Gasteiger partial charge < -0.3 is 23.7 Å². The highest BCUT2D eigenvalue weighted by Crippen LogP contribution is 2.37. The van der Waals surface area contributed by atoms with Gasteiger partial charge in [-0.2, -0.15) is 0 Å². The molecular formula is C20H26O7. The molecule has 0 spiro atoms. The molecule has 0 aliphatic carbocycles. The maximum atomic E-state index is 12.3. The lowest BCUT2D eigenvalue weighted by atomic mass is 9.84. The second kappa shape index (κ2) is 9.12. The Morgan fingerprint density at radius 3 is 2.33 bits per heavy atom. The number of methoxy groups -OCH3 is 2. The van der Waals surface area contributed by atoms with Gasteiger partial charge >= 0.3 is 11.9 Å². The molecule has 0 saturated carbocycles. The van der Waals surface area contributed by atoms with Crippen LogP contribution in [0.4, 0.5) is 0 Å². The largest absolute Gasteiger partial charge is 0.468 e. The van der Waals surface area contributed by atoms with E-state index < -0.39 is 29.2 Å². The zero-order valence-corrected chi connectivity index (χ0v) is 16.1. The van der Waals surface area contributed by atoms with Crippen LogP contribution >= 0.6 is 0 Å². The van der Waals surface area contributed by atoms with Crippen LogP contribution in [-0.2, 0) is 39.9 Å². The number of rotatable bonds is 9. The van der Waals surface area contributed by atoms with Crippen molar-refractivity contribution in [2.24, 2.45) is 5.41 Å². The van der Waals surface area contributed by atoms with Gasteiger partial charge in [-0.25, -0.2) is 0 Å². The average molecular weight is 378 g/mol. The van der Waals surface area contributed by atoms with Crippen LogP contribution in [0.25, 0.3) is 0 Å². The number of carbonyl (C=O) groups is 2. The quantitative estimate of drug-likeness (QED) is 0.370. The third-order valence-electron chi connectivity index (χ3n) is 4.44. The van der Waals surface area contributed by atoms with Gasteiger partial charge in [0.25, 0.3) is 0 Å². The molecule has 0 bridgehead atoms. The van der Waals surface area contributed by atoms with Crippen molar-refractivity contribution in [3.05, 3.63) is 48.0 Å². The molecule has 0 N–H and O–H groups in total. The first-order valence-corrected chi connectivity index (χ1v) is 8.71. The predicted molar refractivity (Wildman–Crippen MR) is 96.6 cm³/mol. The topological polar surface area (TPSA) is 80.3 Å². The molecule has 0 radical (unpaired) electrons. The van der Waals surface area contributed by atoms with Crippen molar-refractivity contribution in [3.8, 4) is 0 Å². The Balaban J connectivity index is 2.12. The summed E-state index contributed by atoms with van der Waals surface area (Å²) in [5.74, 6) is -2.69. The number of ether oxygens (including phenoxy) is 5. The molecule has 1 aromatic carbocycles. The van der Waals surface area contributed by atoms with Gasteiger partial charge in [-0.1, -0.05) is 36.4 Å². The van der Waals surface area contributed by atoms with Gasteiger partial charge in [0.05, 0.1) is 20.8 Å². The lowest BCUT2D eigenvalue weighted by Gasteiger charge is -2.33. The van der Waals surface area contributed by atoms with Crippen molar-refractivity contribution in [2.75, 3.05) is 27.4 Å². The second-order valence-corrected chi connectivity index (χ2v) is 6.31. The first kappa shape index (κ1) is 21.1. The molecular weight excluding hydrogens is 352 g/mol. The van der Waals surface area contributed by atoms with Gasteiger partial charge in [-0.05, 0) is 25.5 Å². The fraction of sp³-hybridized carbons (Fsp3) is 0.500. The van der Waals surface area contributed by atoms with E-state index in [1.54, 1.807) is 12.2 Å². The minimum atomic E-state index is -1.65. The summed E-state index contributed by atoms with van der Waals surface area (Å²) >= 11 is 0. The Morgan fingerprint density at radius 1 is 1.15 bits per heavy atom. The van der Waals surface area contributed by atoms with E-state index >= 15 is 0 Å². The Bertz CT molecular complexity index is 654. The van der Waals surface area contributed by atoms with E-state index in [-0.39, 0.29) is 6.61 Å². The fourth-order valence-corrected chi connectivity index (χ4v) is 2.91. The van der Waals surface area contributed by atoms with E-state index in [0.29, 0.717) is 13.2 Å². The monoisotopic (exact) mass is 378 g/mol. The third kappa shape index (κ3) is 4.55. The molecule has 0 aromatic heterocycles. The van der Waals surface area contributed by atoms with E-state index in [0.717, 1.165) is 5.56 Å². The highest BCUT2D eigenvalue weighted by atomic mass is 16.7. The predicted octanol–water partition coefficient (Wildman–Crippen LogP) is 2.24. The van der Waals surface area contributed by atoms with Crippen molar-refractivity contribution >= 4 is 11.9 Å². The number of carbonyl (C=O) groups excluding carboxylic acids is 2. The second-order valence-electron chi connectivity index (χ2n) is 6.31. The first-order chi connectivity index (χ1) is 12.9. The van der Waals surface area contributed by atoms with Crippen molar-refractivity contribution < 1.29 is 33.3 Å². The smallest absolute Gasteiger partial charge is 0.325 e. The zero-order valence-electron chi connectivity index (χ0n) is 16.1. The molecule has 1 aliphatic heterocycles. The van der Waals surface area contributed by atoms with Gasteiger partial charge in [0.2, 0.25) is 5.79 Å². The molecule has 7 heteroatoms. The van der Waals surface area contributed by atoms with Crippen molar-refractivity contribution in [1.29, 1.82) is 0 Å². The molecule has 148 valence electrons. The Labute approximate surface area is 159 Å². The molecule has 1 aliphatic rings. The summed E-state index contributed by atoms with van der Waals surface area (Å²) in [6.07, 6.45) is 2.36. The van der Waals surface area contributed by atoms with Crippen LogP contribution < -0.4 is 0 Å². The van der Waals surface area contributed by atoms with Gasteiger partial charge in [0.1, 0.15) is 12.7 Å². The summed E-state index contributed by atoms with van der Waals surface area (Å²) in [5.41, 5.74) is -0.644. The third-order valence-corrected chi connectivity index (χ3v) is 4.44. The Hall–Kier alpha value is -2.22. The standard InChI is InChI=1S/C20H26O7/c1-5-26-20(14-25-13-15-9-7-6-8-10-15)12-11-16(27-20)19(2,17(21)23-3)18(22)24-4/h6-12,16H,5,13-14H2,1-4H3/t16?,20-/m0/s1. The molecule has 2 atom stereocenters. The number of benzene rings is 1. The van der Waals surface area contributed by atoms with Crippen LogP contribution in [0.1, 0.15) is 19.4 Å². The molecule has 27 heavy (non-hydrogen) atoms. The SMILES string of the molecule is CCO[C@@]1(COCc2ccccc2)C=CC(C(C)(C(=O)OC)C(=O)OC)O1. The van der Waals surface area contributed by atoms with Crippen molar-refractivity contribution in [3.63, 3.8) is 0 Å². The molecule has 1 heterocycles. The van der Waals surface area contributed by atoms with E-state index in [1.165, 1.54) is 21.1 Å². The molecule has 7 nitrogen and oxygen atoms in total. The van der Waals surface area contributed by atoms with Crippen LogP contribution in [0, 0.1) is 5.41 Å². The first-order valence-electron chi connectivity index (χ1n) is 8.71. The molecule has 1 aromatic rings. The summed E-state index contributed by atoms with van der Waals surface area (Å²) in [5, 5.41) is 0. The van der Waals surface area contributed by atoms with Gasteiger partial charge in [0, 0.05) is 6.61 Å². The maximum Gasteiger partial charge on any atom is 0.325 e. The molecule has 0 saturated heterocycles. The van der Waals surface area contributed by atoms with E-state index in [9.17, 15) is 9.59 Å².